The summed E-state index contributed by atoms with van der Waals surface area (Å²) >= 11 is 0. The van der Waals surface area contributed by atoms with Crippen molar-refractivity contribution in [2.45, 2.75) is 18.9 Å². The molecule has 1 fully saturated rings. The summed E-state index contributed by atoms with van der Waals surface area (Å²) in [5.74, 6) is -0.0207. The SMILES string of the molecule is O=C1CCC(CF)N1. The zero-order valence-corrected chi connectivity index (χ0v) is 4.48. The van der Waals surface area contributed by atoms with Crippen molar-refractivity contribution in [3.05, 3.63) is 0 Å². The second-order valence-corrected chi connectivity index (χ2v) is 1.96. The van der Waals surface area contributed by atoms with Gasteiger partial charge in [-0.25, -0.2) is 4.39 Å². The predicted octanol–water partition coefficient (Wildman–Crippen LogP) is 0.234. The summed E-state index contributed by atoms with van der Waals surface area (Å²) in [4.78, 5) is 10.3. The minimum atomic E-state index is -0.425. The van der Waals surface area contributed by atoms with E-state index in [1.165, 1.54) is 0 Å². The van der Waals surface area contributed by atoms with Crippen molar-refractivity contribution in [1.82, 2.24) is 5.32 Å². The van der Waals surface area contributed by atoms with Crippen molar-refractivity contribution in [1.29, 1.82) is 0 Å². The van der Waals surface area contributed by atoms with Crippen molar-refractivity contribution in [3.63, 3.8) is 0 Å². The Morgan fingerprint density at radius 3 is 2.88 bits per heavy atom. The van der Waals surface area contributed by atoms with Gasteiger partial charge in [0.1, 0.15) is 6.67 Å². The van der Waals surface area contributed by atoms with Crippen LogP contribution in [0.5, 0.6) is 0 Å². The summed E-state index contributed by atoms with van der Waals surface area (Å²) in [5, 5.41) is 2.49. The second-order valence-electron chi connectivity index (χ2n) is 1.96. The van der Waals surface area contributed by atoms with Gasteiger partial charge in [-0.15, -0.1) is 0 Å². The van der Waals surface area contributed by atoms with Crippen LogP contribution in [0.25, 0.3) is 0 Å². The molecular weight excluding hydrogens is 109 g/mol. The van der Waals surface area contributed by atoms with Crippen LogP contribution in [0.15, 0.2) is 0 Å². The van der Waals surface area contributed by atoms with Crippen LogP contribution in [-0.2, 0) is 4.79 Å². The van der Waals surface area contributed by atoms with Crippen LogP contribution in [0.4, 0.5) is 4.39 Å². The molecule has 0 aliphatic carbocycles. The number of carbonyl (C=O) groups excluding carboxylic acids is 1. The maximum Gasteiger partial charge on any atom is 0.220 e. The molecule has 46 valence electrons. The van der Waals surface area contributed by atoms with Gasteiger partial charge < -0.3 is 5.32 Å². The van der Waals surface area contributed by atoms with Crippen LogP contribution in [0.3, 0.4) is 0 Å². The lowest BCUT2D eigenvalue weighted by Gasteiger charge is -1.99. The minimum absolute atomic E-state index is 0.0207. The molecule has 2 nitrogen and oxygen atoms in total. The van der Waals surface area contributed by atoms with Crippen molar-refractivity contribution >= 4 is 5.91 Å². The monoisotopic (exact) mass is 117 g/mol. The highest BCUT2D eigenvalue weighted by molar-refractivity contribution is 5.78. The molecule has 1 unspecified atom stereocenters. The normalized spacial score (nSPS) is 28.1. The Morgan fingerprint density at radius 2 is 2.62 bits per heavy atom. The highest BCUT2D eigenvalue weighted by atomic mass is 19.1. The molecule has 0 bridgehead atoms. The molecule has 8 heavy (non-hydrogen) atoms. The molecule has 0 saturated carbocycles. The molecule has 1 rings (SSSR count). The van der Waals surface area contributed by atoms with Crippen LogP contribution in [-0.4, -0.2) is 18.6 Å². The second kappa shape index (κ2) is 2.11. The highest BCUT2D eigenvalue weighted by Gasteiger charge is 2.19. The standard InChI is InChI=1S/C5H8FNO/c6-3-4-1-2-5(8)7-4/h4H,1-3H2,(H,7,8). The number of halogens is 1. The van der Waals surface area contributed by atoms with Gasteiger partial charge in [0.05, 0.1) is 6.04 Å². The summed E-state index contributed by atoms with van der Waals surface area (Å²) in [6, 6.07) is -0.192. The number of rotatable bonds is 1. The number of hydrogen-bond donors (Lipinski definition) is 1. The third kappa shape index (κ3) is 0.967. The van der Waals surface area contributed by atoms with Crippen molar-refractivity contribution in [2.75, 3.05) is 6.67 Å². The third-order valence-electron chi connectivity index (χ3n) is 1.27. The van der Waals surface area contributed by atoms with Gasteiger partial charge in [0.15, 0.2) is 0 Å². The number of hydrogen-bond acceptors (Lipinski definition) is 1. The van der Waals surface area contributed by atoms with Crippen LogP contribution >= 0.6 is 0 Å². The fraction of sp³-hybridized carbons (Fsp3) is 0.800. The molecule has 1 heterocycles. The van der Waals surface area contributed by atoms with Crippen LogP contribution in [0.2, 0.25) is 0 Å². The summed E-state index contributed by atoms with van der Waals surface area (Å²) in [7, 11) is 0. The maximum atomic E-state index is 11.7. The van der Waals surface area contributed by atoms with E-state index < -0.39 is 6.67 Å². The van der Waals surface area contributed by atoms with Crippen molar-refractivity contribution in [3.8, 4) is 0 Å². The number of amides is 1. The molecule has 1 saturated heterocycles. The number of nitrogens with one attached hydrogen (secondary N) is 1. The molecular formula is C5H8FNO. The molecule has 0 aromatic rings. The van der Waals surface area contributed by atoms with E-state index in [1.807, 2.05) is 0 Å². The first kappa shape index (κ1) is 5.54. The lowest BCUT2D eigenvalue weighted by molar-refractivity contribution is -0.119. The largest absolute Gasteiger partial charge is 0.351 e. The van der Waals surface area contributed by atoms with Gasteiger partial charge in [0.2, 0.25) is 5.91 Å². The molecule has 1 amide bonds. The fourth-order valence-electron chi connectivity index (χ4n) is 0.793. The quantitative estimate of drug-likeness (QED) is 0.523. The maximum absolute atomic E-state index is 11.7. The number of alkyl halides is 1. The fourth-order valence-corrected chi connectivity index (χ4v) is 0.793. The lowest BCUT2D eigenvalue weighted by atomic mass is 10.2. The van der Waals surface area contributed by atoms with Crippen LogP contribution in [0, 0.1) is 0 Å². The predicted molar refractivity (Wildman–Crippen MR) is 27.1 cm³/mol. The zero-order valence-electron chi connectivity index (χ0n) is 4.48. The molecule has 0 aromatic heterocycles. The smallest absolute Gasteiger partial charge is 0.220 e. The molecule has 3 heteroatoms. The Labute approximate surface area is 47.1 Å². The van der Waals surface area contributed by atoms with E-state index in [2.05, 4.69) is 5.32 Å². The molecule has 1 aliphatic rings. The average Bonchev–Trinajstić information content (AvgIpc) is 2.14. The van der Waals surface area contributed by atoms with Gasteiger partial charge >= 0.3 is 0 Å². The Kier molecular flexibility index (Phi) is 1.46. The van der Waals surface area contributed by atoms with Gasteiger partial charge in [0.25, 0.3) is 0 Å². The van der Waals surface area contributed by atoms with Crippen LogP contribution in [0.1, 0.15) is 12.8 Å². The Hall–Kier alpha value is -0.600. The van der Waals surface area contributed by atoms with Gasteiger partial charge in [-0.1, -0.05) is 0 Å². The van der Waals surface area contributed by atoms with E-state index in [9.17, 15) is 9.18 Å². The van der Waals surface area contributed by atoms with E-state index in [0.29, 0.717) is 12.8 Å². The first-order valence-electron chi connectivity index (χ1n) is 2.68. The summed E-state index contributed by atoms with van der Waals surface area (Å²) < 4.78 is 11.7. The van der Waals surface area contributed by atoms with E-state index in [0.717, 1.165) is 0 Å². The zero-order chi connectivity index (χ0) is 5.98. The average molecular weight is 117 g/mol. The van der Waals surface area contributed by atoms with E-state index in [-0.39, 0.29) is 11.9 Å². The summed E-state index contributed by atoms with van der Waals surface area (Å²) in [6.07, 6.45) is 1.16. The molecule has 0 spiro atoms. The van der Waals surface area contributed by atoms with E-state index in [4.69, 9.17) is 0 Å². The van der Waals surface area contributed by atoms with Crippen molar-refractivity contribution in [2.24, 2.45) is 0 Å². The topological polar surface area (TPSA) is 29.1 Å². The first-order chi connectivity index (χ1) is 3.83. The van der Waals surface area contributed by atoms with Crippen LogP contribution < -0.4 is 5.32 Å². The molecule has 0 radical (unpaired) electrons. The highest BCUT2D eigenvalue weighted by Crippen LogP contribution is 2.05. The summed E-state index contributed by atoms with van der Waals surface area (Å²) in [5.41, 5.74) is 0. The van der Waals surface area contributed by atoms with Gasteiger partial charge in [-0.05, 0) is 6.42 Å². The van der Waals surface area contributed by atoms with E-state index >= 15 is 0 Å². The Bertz CT molecular complexity index is 105. The molecule has 0 aromatic carbocycles. The van der Waals surface area contributed by atoms with Gasteiger partial charge in [-0.2, -0.15) is 0 Å². The van der Waals surface area contributed by atoms with Gasteiger partial charge in [0, 0.05) is 6.42 Å². The molecule has 1 aliphatic heterocycles. The minimum Gasteiger partial charge on any atom is -0.351 e. The van der Waals surface area contributed by atoms with Gasteiger partial charge in [-0.3, -0.25) is 4.79 Å². The molecule has 1 atom stereocenters. The Morgan fingerprint density at radius 1 is 1.88 bits per heavy atom. The van der Waals surface area contributed by atoms with E-state index in [1.54, 1.807) is 0 Å². The third-order valence-corrected chi connectivity index (χ3v) is 1.27. The first-order valence-corrected chi connectivity index (χ1v) is 2.68. The number of carbonyl (C=O) groups is 1. The van der Waals surface area contributed by atoms with Crippen molar-refractivity contribution < 1.29 is 9.18 Å². The Balaban J connectivity index is 2.32. The molecule has 1 N–H and O–H groups in total. The summed E-state index contributed by atoms with van der Waals surface area (Å²) in [6.45, 7) is -0.425. The lowest BCUT2D eigenvalue weighted by Crippen LogP contribution is -2.26.